The molecule has 3 rings (SSSR count). The average Bonchev–Trinajstić information content (AvgIpc) is 2.96. The standard InChI is InChI=1S/C14H12N2O2S/c1-9-4-2-6-12-15-14(11-5-3-7-19-11)10(16(9)12)8-13(17)18/h2-7H,8H2,1H3,(H,17,18). The van der Waals surface area contributed by atoms with E-state index in [1.54, 1.807) is 11.3 Å². The highest BCUT2D eigenvalue weighted by Gasteiger charge is 2.18. The quantitative estimate of drug-likeness (QED) is 0.797. The predicted octanol–water partition coefficient (Wildman–Crippen LogP) is 3.00. The fourth-order valence-corrected chi connectivity index (χ4v) is 2.98. The number of aliphatic carboxylic acids is 1. The molecule has 3 aromatic heterocycles. The number of carboxylic acids is 1. The molecule has 1 N–H and O–H groups in total. The maximum Gasteiger partial charge on any atom is 0.309 e. The molecule has 0 aliphatic heterocycles. The number of aryl methyl sites for hydroxylation is 1. The van der Waals surface area contributed by atoms with Crippen LogP contribution < -0.4 is 0 Å². The summed E-state index contributed by atoms with van der Waals surface area (Å²) in [4.78, 5) is 16.7. The van der Waals surface area contributed by atoms with Gasteiger partial charge in [0.15, 0.2) is 0 Å². The third-order valence-corrected chi connectivity index (χ3v) is 3.88. The van der Waals surface area contributed by atoms with Crippen LogP contribution in [0.25, 0.3) is 16.2 Å². The molecule has 0 aromatic carbocycles. The third-order valence-electron chi connectivity index (χ3n) is 3.01. The molecule has 0 aliphatic carbocycles. The summed E-state index contributed by atoms with van der Waals surface area (Å²) in [6.45, 7) is 1.96. The summed E-state index contributed by atoms with van der Waals surface area (Å²) >= 11 is 1.57. The van der Waals surface area contributed by atoms with Gasteiger partial charge in [-0.25, -0.2) is 4.98 Å². The Labute approximate surface area is 114 Å². The van der Waals surface area contributed by atoms with Gasteiger partial charge in [-0.2, -0.15) is 0 Å². The molecule has 0 atom stereocenters. The van der Waals surface area contributed by atoms with Crippen molar-refractivity contribution in [3.63, 3.8) is 0 Å². The van der Waals surface area contributed by atoms with Gasteiger partial charge in [0.25, 0.3) is 0 Å². The number of imidazole rings is 1. The molecule has 3 aromatic rings. The molecule has 0 saturated carbocycles. The molecule has 5 heteroatoms. The van der Waals surface area contributed by atoms with Crippen LogP contribution in [-0.2, 0) is 11.2 Å². The van der Waals surface area contributed by atoms with E-state index in [1.165, 1.54) is 0 Å². The molecule has 96 valence electrons. The Morgan fingerprint density at radius 1 is 1.37 bits per heavy atom. The third kappa shape index (κ3) is 2.02. The number of pyridine rings is 1. The first-order chi connectivity index (χ1) is 9.16. The van der Waals surface area contributed by atoms with Crippen molar-refractivity contribution in [1.29, 1.82) is 0 Å². The van der Waals surface area contributed by atoms with Gasteiger partial charge in [0.1, 0.15) is 11.3 Å². The highest BCUT2D eigenvalue weighted by Crippen LogP contribution is 2.29. The van der Waals surface area contributed by atoms with Crippen LogP contribution in [0.3, 0.4) is 0 Å². The van der Waals surface area contributed by atoms with Crippen molar-refractivity contribution in [2.24, 2.45) is 0 Å². The van der Waals surface area contributed by atoms with Crippen LogP contribution in [-0.4, -0.2) is 20.5 Å². The Morgan fingerprint density at radius 3 is 2.89 bits per heavy atom. The maximum atomic E-state index is 11.1. The second-order valence-corrected chi connectivity index (χ2v) is 5.26. The minimum absolute atomic E-state index is 0.0285. The van der Waals surface area contributed by atoms with Crippen molar-refractivity contribution in [3.05, 3.63) is 47.1 Å². The molecule has 0 bridgehead atoms. The number of hydrogen-bond donors (Lipinski definition) is 1. The lowest BCUT2D eigenvalue weighted by molar-refractivity contribution is -0.136. The number of fused-ring (bicyclic) bond motifs is 1. The molecule has 0 spiro atoms. The molecule has 3 heterocycles. The first-order valence-corrected chi connectivity index (χ1v) is 6.77. The van der Waals surface area contributed by atoms with Gasteiger partial charge in [-0.05, 0) is 30.5 Å². The SMILES string of the molecule is Cc1cccc2nc(-c3cccs3)c(CC(=O)O)n12. The van der Waals surface area contributed by atoms with Crippen molar-refractivity contribution < 1.29 is 9.90 Å². The molecule has 0 saturated heterocycles. The first kappa shape index (κ1) is 11.9. The van der Waals surface area contributed by atoms with Crippen LogP contribution in [0.1, 0.15) is 11.4 Å². The smallest absolute Gasteiger partial charge is 0.309 e. The highest BCUT2D eigenvalue weighted by atomic mass is 32.1. The normalized spacial score (nSPS) is 11.0. The Kier molecular flexibility index (Phi) is 2.83. The minimum Gasteiger partial charge on any atom is -0.481 e. The summed E-state index contributed by atoms with van der Waals surface area (Å²) in [5.41, 5.74) is 3.29. The van der Waals surface area contributed by atoms with Gasteiger partial charge in [-0.1, -0.05) is 12.1 Å². The number of thiophene rings is 1. The zero-order chi connectivity index (χ0) is 13.4. The topological polar surface area (TPSA) is 54.6 Å². The van der Waals surface area contributed by atoms with Crippen molar-refractivity contribution in [3.8, 4) is 10.6 Å². The van der Waals surface area contributed by atoms with Crippen LogP contribution in [0, 0.1) is 6.92 Å². The monoisotopic (exact) mass is 272 g/mol. The van der Waals surface area contributed by atoms with Crippen molar-refractivity contribution >= 4 is 23.0 Å². The van der Waals surface area contributed by atoms with E-state index in [0.29, 0.717) is 0 Å². The molecule has 19 heavy (non-hydrogen) atoms. The van der Waals surface area contributed by atoms with E-state index in [4.69, 9.17) is 5.11 Å². The van der Waals surface area contributed by atoms with Gasteiger partial charge in [-0.15, -0.1) is 11.3 Å². The van der Waals surface area contributed by atoms with Crippen LogP contribution >= 0.6 is 11.3 Å². The van der Waals surface area contributed by atoms with Gasteiger partial charge in [0.2, 0.25) is 0 Å². The summed E-state index contributed by atoms with van der Waals surface area (Å²) in [5.74, 6) is -0.845. The fourth-order valence-electron chi connectivity index (χ4n) is 2.24. The number of carboxylic acid groups (broad SMARTS) is 1. The molecular formula is C14H12N2O2S. The average molecular weight is 272 g/mol. The van der Waals surface area contributed by atoms with E-state index < -0.39 is 5.97 Å². The van der Waals surface area contributed by atoms with Gasteiger partial charge in [0.05, 0.1) is 17.0 Å². The van der Waals surface area contributed by atoms with Gasteiger partial charge in [0, 0.05) is 5.69 Å². The molecule has 0 fully saturated rings. The Bertz CT molecular complexity index is 744. The maximum absolute atomic E-state index is 11.1. The summed E-state index contributed by atoms with van der Waals surface area (Å²) in [7, 11) is 0. The van der Waals surface area contributed by atoms with E-state index in [0.717, 1.165) is 27.6 Å². The van der Waals surface area contributed by atoms with Gasteiger partial charge < -0.3 is 9.51 Å². The second kappa shape index (κ2) is 4.51. The Balaban J connectivity index is 2.32. The lowest BCUT2D eigenvalue weighted by atomic mass is 10.2. The zero-order valence-electron chi connectivity index (χ0n) is 10.3. The number of rotatable bonds is 3. The molecule has 4 nitrogen and oxygen atoms in total. The lowest BCUT2D eigenvalue weighted by Gasteiger charge is -2.04. The van der Waals surface area contributed by atoms with E-state index in [9.17, 15) is 4.79 Å². The van der Waals surface area contributed by atoms with E-state index in [2.05, 4.69) is 4.98 Å². The van der Waals surface area contributed by atoms with Crippen LogP contribution in [0.15, 0.2) is 35.7 Å². The first-order valence-electron chi connectivity index (χ1n) is 5.89. The van der Waals surface area contributed by atoms with Crippen molar-refractivity contribution in [1.82, 2.24) is 9.38 Å². The summed E-state index contributed by atoms with van der Waals surface area (Å²) in [6, 6.07) is 9.70. The molecular weight excluding hydrogens is 260 g/mol. The van der Waals surface area contributed by atoms with Crippen LogP contribution in [0.2, 0.25) is 0 Å². The van der Waals surface area contributed by atoms with E-state index in [1.807, 2.05) is 47.0 Å². The summed E-state index contributed by atoms with van der Waals surface area (Å²) in [6.07, 6.45) is -0.0285. The largest absolute Gasteiger partial charge is 0.481 e. The molecule has 0 amide bonds. The Morgan fingerprint density at radius 2 is 2.21 bits per heavy atom. The molecule has 0 radical (unpaired) electrons. The van der Waals surface area contributed by atoms with Gasteiger partial charge in [-0.3, -0.25) is 4.79 Å². The summed E-state index contributed by atoms with van der Waals surface area (Å²) < 4.78 is 1.92. The van der Waals surface area contributed by atoms with Crippen LogP contribution in [0.4, 0.5) is 0 Å². The van der Waals surface area contributed by atoms with Crippen molar-refractivity contribution in [2.75, 3.05) is 0 Å². The van der Waals surface area contributed by atoms with Gasteiger partial charge >= 0.3 is 5.97 Å². The molecule has 0 aliphatic rings. The van der Waals surface area contributed by atoms with E-state index >= 15 is 0 Å². The zero-order valence-corrected chi connectivity index (χ0v) is 11.1. The number of nitrogens with zero attached hydrogens (tertiary/aromatic N) is 2. The minimum atomic E-state index is -0.845. The van der Waals surface area contributed by atoms with Crippen molar-refractivity contribution in [2.45, 2.75) is 13.3 Å². The predicted molar refractivity (Wildman–Crippen MR) is 74.6 cm³/mol. The number of carbonyl (C=O) groups is 1. The summed E-state index contributed by atoms with van der Waals surface area (Å²) in [5, 5.41) is 11.1. The van der Waals surface area contributed by atoms with E-state index in [-0.39, 0.29) is 6.42 Å². The van der Waals surface area contributed by atoms with Crippen LogP contribution in [0.5, 0.6) is 0 Å². The number of aromatic nitrogens is 2. The number of hydrogen-bond acceptors (Lipinski definition) is 3. The highest BCUT2D eigenvalue weighted by molar-refractivity contribution is 7.13. The lowest BCUT2D eigenvalue weighted by Crippen LogP contribution is -2.05. The fraction of sp³-hybridized carbons (Fsp3) is 0.143. The Hall–Kier alpha value is -2.14. The second-order valence-electron chi connectivity index (χ2n) is 4.32. The molecule has 0 unspecified atom stereocenters.